The number of nitrogens with two attached hydrogens (primary N) is 1. The second-order valence-corrected chi connectivity index (χ2v) is 5.66. The van der Waals surface area contributed by atoms with Gasteiger partial charge in [0.25, 0.3) is 0 Å². The highest BCUT2D eigenvalue weighted by molar-refractivity contribution is 7.88. The van der Waals surface area contributed by atoms with Crippen LogP contribution in [0.2, 0.25) is 0 Å². The maximum Gasteiger partial charge on any atom is 0.211 e. The SMILES string of the molecule is CS(=O)(=O)N1CCC(NCCN)CC1. The van der Waals surface area contributed by atoms with Gasteiger partial charge in [0.1, 0.15) is 0 Å². The minimum atomic E-state index is -2.99. The molecule has 0 aromatic heterocycles. The van der Waals surface area contributed by atoms with Gasteiger partial charge in [0.15, 0.2) is 0 Å². The van der Waals surface area contributed by atoms with Crippen molar-refractivity contribution in [2.45, 2.75) is 18.9 Å². The lowest BCUT2D eigenvalue weighted by molar-refractivity contribution is 0.292. The van der Waals surface area contributed by atoms with E-state index in [-0.39, 0.29) is 0 Å². The summed E-state index contributed by atoms with van der Waals surface area (Å²) in [4.78, 5) is 0. The molecular weight excluding hydrogens is 202 g/mol. The lowest BCUT2D eigenvalue weighted by atomic mass is 10.1. The van der Waals surface area contributed by atoms with Crippen molar-refractivity contribution in [2.24, 2.45) is 5.73 Å². The fourth-order valence-corrected chi connectivity index (χ4v) is 2.55. The molecule has 0 aromatic rings. The molecule has 0 aliphatic carbocycles. The van der Waals surface area contributed by atoms with Crippen molar-refractivity contribution < 1.29 is 8.42 Å². The molecule has 84 valence electrons. The van der Waals surface area contributed by atoms with Crippen LogP contribution >= 0.6 is 0 Å². The topological polar surface area (TPSA) is 75.4 Å². The molecule has 6 heteroatoms. The number of hydrogen-bond donors (Lipinski definition) is 2. The average Bonchev–Trinajstić information content (AvgIpc) is 2.14. The van der Waals surface area contributed by atoms with E-state index < -0.39 is 10.0 Å². The molecule has 0 aromatic carbocycles. The second-order valence-electron chi connectivity index (χ2n) is 3.68. The monoisotopic (exact) mass is 221 g/mol. The molecule has 1 aliphatic heterocycles. The highest BCUT2D eigenvalue weighted by atomic mass is 32.2. The normalized spacial score (nSPS) is 21.3. The molecule has 0 radical (unpaired) electrons. The van der Waals surface area contributed by atoms with Crippen molar-refractivity contribution in [1.29, 1.82) is 0 Å². The van der Waals surface area contributed by atoms with E-state index in [1.165, 1.54) is 10.6 Å². The van der Waals surface area contributed by atoms with E-state index >= 15 is 0 Å². The van der Waals surface area contributed by atoms with E-state index in [0.717, 1.165) is 19.4 Å². The van der Waals surface area contributed by atoms with Gasteiger partial charge in [0, 0.05) is 32.2 Å². The molecule has 1 heterocycles. The lowest BCUT2D eigenvalue weighted by Gasteiger charge is -2.30. The van der Waals surface area contributed by atoms with Crippen molar-refractivity contribution in [2.75, 3.05) is 32.4 Å². The molecule has 0 amide bonds. The molecular formula is C8H19N3O2S. The smallest absolute Gasteiger partial charge is 0.211 e. The Kier molecular flexibility index (Phi) is 4.31. The summed E-state index contributed by atoms with van der Waals surface area (Å²) in [5.41, 5.74) is 5.37. The zero-order chi connectivity index (χ0) is 10.6. The van der Waals surface area contributed by atoms with Crippen LogP contribution in [0.25, 0.3) is 0 Å². The van der Waals surface area contributed by atoms with E-state index in [0.29, 0.717) is 25.7 Å². The van der Waals surface area contributed by atoms with Crippen LogP contribution in [0, 0.1) is 0 Å². The number of hydrogen-bond acceptors (Lipinski definition) is 4. The first-order valence-electron chi connectivity index (χ1n) is 4.92. The minimum absolute atomic E-state index is 0.427. The molecule has 0 bridgehead atoms. The molecule has 1 aliphatic rings. The van der Waals surface area contributed by atoms with Crippen molar-refractivity contribution >= 4 is 10.0 Å². The molecule has 1 saturated heterocycles. The first-order chi connectivity index (χ1) is 6.54. The molecule has 1 fully saturated rings. The zero-order valence-electron chi connectivity index (χ0n) is 8.57. The Balaban J connectivity index is 2.31. The minimum Gasteiger partial charge on any atom is -0.329 e. The van der Waals surface area contributed by atoms with Gasteiger partial charge in [0.05, 0.1) is 6.26 Å². The van der Waals surface area contributed by atoms with Crippen LogP contribution in [-0.2, 0) is 10.0 Å². The van der Waals surface area contributed by atoms with Crippen LogP contribution in [0.4, 0.5) is 0 Å². The highest BCUT2D eigenvalue weighted by Crippen LogP contribution is 2.12. The summed E-state index contributed by atoms with van der Waals surface area (Å²) in [6.45, 7) is 2.69. The molecule has 0 spiro atoms. The van der Waals surface area contributed by atoms with Gasteiger partial charge in [0.2, 0.25) is 10.0 Å². The predicted molar refractivity (Wildman–Crippen MR) is 56.5 cm³/mol. The quantitative estimate of drug-likeness (QED) is 0.636. The third-order valence-electron chi connectivity index (χ3n) is 2.50. The highest BCUT2D eigenvalue weighted by Gasteiger charge is 2.23. The Hall–Kier alpha value is -0.170. The van der Waals surface area contributed by atoms with Crippen molar-refractivity contribution in [3.05, 3.63) is 0 Å². The van der Waals surface area contributed by atoms with E-state index in [4.69, 9.17) is 5.73 Å². The first kappa shape index (κ1) is 11.9. The second kappa shape index (κ2) is 5.06. The molecule has 3 N–H and O–H groups in total. The summed E-state index contributed by atoms with van der Waals surface area (Å²) in [6.07, 6.45) is 3.03. The van der Waals surface area contributed by atoms with Crippen LogP contribution in [0.1, 0.15) is 12.8 Å². The Bertz CT molecular complexity index is 258. The van der Waals surface area contributed by atoms with Gasteiger partial charge in [-0.25, -0.2) is 12.7 Å². The van der Waals surface area contributed by atoms with Crippen molar-refractivity contribution in [1.82, 2.24) is 9.62 Å². The summed E-state index contributed by atoms with van der Waals surface area (Å²) in [5.74, 6) is 0. The fraction of sp³-hybridized carbons (Fsp3) is 1.00. The maximum atomic E-state index is 11.2. The molecule has 1 rings (SSSR count). The summed E-state index contributed by atoms with van der Waals surface area (Å²) < 4.78 is 23.9. The third-order valence-corrected chi connectivity index (χ3v) is 3.80. The zero-order valence-corrected chi connectivity index (χ0v) is 9.39. The van der Waals surface area contributed by atoms with Gasteiger partial charge < -0.3 is 11.1 Å². The number of nitrogens with one attached hydrogen (secondary N) is 1. The standard InChI is InChI=1S/C8H19N3O2S/c1-14(12,13)11-6-2-8(3-7-11)10-5-4-9/h8,10H,2-7,9H2,1H3. The Morgan fingerprint density at radius 3 is 2.43 bits per heavy atom. The summed E-state index contributed by atoms with van der Waals surface area (Å²) in [6, 6.07) is 0.427. The van der Waals surface area contributed by atoms with Crippen molar-refractivity contribution in [3.8, 4) is 0 Å². The molecule has 5 nitrogen and oxygen atoms in total. The molecule has 0 saturated carbocycles. The molecule has 0 unspecified atom stereocenters. The maximum absolute atomic E-state index is 11.2. The Labute approximate surface area is 85.7 Å². The van der Waals surface area contributed by atoms with E-state index in [2.05, 4.69) is 5.32 Å². The van der Waals surface area contributed by atoms with Crippen LogP contribution in [-0.4, -0.2) is 51.2 Å². The molecule has 14 heavy (non-hydrogen) atoms. The number of sulfonamides is 1. The van der Waals surface area contributed by atoms with Gasteiger partial charge in [-0.1, -0.05) is 0 Å². The van der Waals surface area contributed by atoms with E-state index in [1.54, 1.807) is 0 Å². The van der Waals surface area contributed by atoms with Gasteiger partial charge in [-0.15, -0.1) is 0 Å². The van der Waals surface area contributed by atoms with Gasteiger partial charge in [-0.05, 0) is 12.8 Å². The first-order valence-corrected chi connectivity index (χ1v) is 6.77. The number of piperidine rings is 1. The Morgan fingerprint density at radius 2 is 2.00 bits per heavy atom. The van der Waals surface area contributed by atoms with Crippen molar-refractivity contribution in [3.63, 3.8) is 0 Å². The Morgan fingerprint density at radius 1 is 1.43 bits per heavy atom. The van der Waals surface area contributed by atoms with Gasteiger partial charge in [-0.3, -0.25) is 0 Å². The average molecular weight is 221 g/mol. The predicted octanol–water partition coefficient (Wildman–Crippen LogP) is -1.04. The fourth-order valence-electron chi connectivity index (χ4n) is 1.68. The summed E-state index contributed by atoms with van der Waals surface area (Å²) >= 11 is 0. The summed E-state index contributed by atoms with van der Waals surface area (Å²) in [5, 5.41) is 3.30. The van der Waals surface area contributed by atoms with Gasteiger partial charge in [-0.2, -0.15) is 0 Å². The van der Waals surface area contributed by atoms with Gasteiger partial charge >= 0.3 is 0 Å². The number of nitrogens with zero attached hydrogens (tertiary/aromatic N) is 1. The van der Waals surface area contributed by atoms with Crippen LogP contribution in [0.5, 0.6) is 0 Å². The largest absolute Gasteiger partial charge is 0.329 e. The lowest BCUT2D eigenvalue weighted by Crippen LogP contribution is -2.45. The molecule has 0 atom stereocenters. The van der Waals surface area contributed by atoms with E-state index in [1.807, 2.05) is 0 Å². The summed E-state index contributed by atoms with van der Waals surface area (Å²) in [7, 11) is -2.99. The van der Waals surface area contributed by atoms with Crippen LogP contribution in [0.3, 0.4) is 0 Å². The third kappa shape index (κ3) is 3.53. The van der Waals surface area contributed by atoms with Crippen LogP contribution in [0.15, 0.2) is 0 Å². The number of rotatable bonds is 4. The van der Waals surface area contributed by atoms with E-state index in [9.17, 15) is 8.42 Å². The van der Waals surface area contributed by atoms with Crippen LogP contribution < -0.4 is 11.1 Å².